The summed E-state index contributed by atoms with van der Waals surface area (Å²) in [5, 5.41) is 10.2. The fourth-order valence-corrected chi connectivity index (χ4v) is 2.24. The zero-order valence-electron chi connectivity index (χ0n) is 11.0. The fraction of sp³-hybridized carbons (Fsp3) is 0.0667. The second-order valence-electron chi connectivity index (χ2n) is 4.39. The number of phenols is 1. The van der Waals surface area contributed by atoms with Gasteiger partial charge in [0.2, 0.25) is 0 Å². The number of aromatic hydroxyl groups is 1. The molecule has 21 heavy (non-hydrogen) atoms. The van der Waals surface area contributed by atoms with Gasteiger partial charge in [-0.2, -0.15) is 0 Å². The van der Waals surface area contributed by atoms with Crippen LogP contribution >= 0.6 is 11.6 Å². The molecule has 0 saturated heterocycles. The highest BCUT2D eigenvalue weighted by atomic mass is 35.5. The van der Waals surface area contributed by atoms with Crippen LogP contribution in [0.25, 0.3) is 22.3 Å². The Hall–Kier alpha value is -2.40. The minimum Gasteiger partial charge on any atom is -0.508 e. The van der Waals surface area contributed by atoms with E-state index >= 15 is 0 Å². The SMILES string of the molecule is COc1cc(-c2nc(Cl)c3cc(O)ccc3n2)ccc1F. The number of aromatic nitrogens is 2. The van der Waals surface area contributed by atoms with Gasteiger partial charge in [0.05, 0.1) is 12.6 Å². The van der Waals surface area contributed by atoms with Gasteiger partial charge in [-0.3, -0.25) is 0 Å². The fourth-order valence-electron chi connectivity index (χ4n) is 2.01. The zero-order chi connectivity index (χ0) is 15.0. The highest BCUT2D eigenvalue weighted by Crippen LogP contribution is 2.29. The van der Waals surface area contributed by atoms with Crippen molar-refractivity contribution < 1.29 is 14.2 Å². The van der Waals surface area contributed by atoms with Crippen LogP contribution in [0.2, 0.25) is 5.15 Å². The molecular weight excluding hydrogens is 295 g/mol. The first-order valence-corrected chi connectivity index (χ1v) is 6.46. The first-order valence-electron chi connectivity index (χ1n) is 6.08. The Morgan fingerprint density at radius 2 is 1.95 bits per heavy atom. The first kappa shape index (κ1) is 13.6. The van der Waals surface area contributed by atoms with Crippen LogP contribution < -0.4 is 4.74 Å². The molecule has 4 nitrogen and oxygen atoms in total. The predicted molar refractivity (Wildman–Crippen MR) is 78.2 cm³/mol. The molecule has 0 radical (unpaired) electrons. The molecule has 0 fully saturated rings. The minimum atomic E-state index is -0.460. The van der Waals surface area contributed by atoms with Gasteiger partial charge in [-0.15, -0.1) is 0 Å². The second-order valence-corrected chi connectivity index (χ2v) is 4.75. The van der Waals surface area contributed by atoms with Crippen molar-refractivity contribution in [1.29, 1.82) is 0 Å². The minimum absolute atomic E-state index is 0.0872. The summed E-state index contributed by atoms with van der Waals surface area (Å²) in [5.41, 5.74) is 1.18. The molecule has 0 aliphatic carbocycles. The number of hydrogen-bond acceptors (Lipinski definition) is 4. The molecule has 0 saturated carbocycles. The van der Waals surface area contributed by atoms with Crippen molar-refractivity contribution in [3.05, 3.63) is 47.4 Å². The van der Waals surface area contributed by atoms with Crippen molar-refractivity contribution in [2.75, 3.05) is 7.11 Å². The Balaban J connectivity index is 2.19. The Labute approximate surface area is 124 Å². The van der Waals surface area contributed by atoms with E-state index in [4.69, 9.17) is 16.3 Å². The van der Waals surface area contributed by atoms with E-state index in [0.717, 1.165) is 0 Å². The van der Waals surface area contributed by atoms with Crippen molar-refractivity contribution in [1.82, 2.24) is 9.97 Å². The standard InChI is InChI=1S/C15H10ClFN2O2/c1-21-13-6-8(2-4-11(13)17)15-18-12-5-3-9(20)7-10(12)14(16)19-15/h2-7,20H,1H3. The van der Waals surface area contributed by atoms with E-state index in [1.165, 1.54) is 31.4 Å². The van der Waals surface area contributed by atoms with Crippen molar-refractivity contribution in [3.8, 4) is 22.9 Å². The maximum absolute atomic E-state index is 13.4. The van der Waals surface area contributed by atoms with Gasteiger partial charge >= 0.3 is 0 Å². The number of methoxy groups -OCH3 is 1. The summed E-state index contributed by atoms with van der Waals surface area (Å²) in [6.45, 7) is 0. The van der Waals surface area contributed by atoms with E-state index in [1.807, 2.05) is 0 Å². The van der Waals surface area contributed by atoms with E-state index in [0.29, 0.717) is 22.3 Å². The number of benzene rings is 2. The van der Waals surface area contributed by atoms with Gasteiger partial charge in [-0.25, -0.2) is 14.4 Å². The second kappa shape index (κ2) is 5.18. The van der Waals surface area contributed by atoms with Crippen LogP contribution in [0.3, 0.4) is 0 Å². The Morgan fingerprint density at radius 1 is 1.14 bits per heavy atom. The summed E-state index contributed by atoms with van der Waals surface area (Å²) in [6, 6.07) is 8.99. The monoisotopic (exact) mass is 304 g/mol. The van der Waals surface area contributed by atoms with E-state index in [2.05, 4.69) is 9.97 Å². The molecule has 1 N–H and O–H groups in total. The van der Waals surface area contributed by atoms with E-state index < -0.39 is 5.82 Å². The molecule has 0 atom stereocenters. The molecule has 0 bridgehead atoms. The normalized spacial score (nSPS) is 10.8. The maximum atomic E-state index is 13.4. The third-order valence-electron chi connectivity index (χ3n) is 3.04. The molecule has 0 spiro atoms. The number of phenolic OH excluding ortho intramolecular Hbond substituents is 1. The summed E-state index contributed by atoms with van der Waals surface area (Å²) in [7, 11) is 1.39. The Bertz CT molecular complexity index is 839. The average Bonchev–Trinajstić information content (AvgIpc) is 2.48. The summed E-state index contributed by atoms with van der Waals surface area (Å²) in [5.74, 6) is 0.0942. The van der Waals surface area contributed by atoms with E-state index in [9.17, 15) is 9.50 Å². The summed E-state index contributed by atoms with van der Waals surface area (Å²) >= 11 is 6.12. The van der Waals surface area contributed by atoms with Crippen molar-refractivity contribution in [2.24, 2.45) is 0 Å². The predicted octanol–water partition coefficient (Wildman–Crippen LogP) is 3.80. The van der Waals surface area contributed by atoms with Gasteiger partial charge in [-0.05, 0) is 36.4 Å². The molecule has 1 aromatic heterocycles. The quantitative estimate of drug-likeness (QED) is 0.732. The summed E-state index contributed by atoms with van der Waals surface area (Å²) < 4.78 is 18.4. The van der Waals surface area contributed by atoms with Crippen LogP contribution in [0.5, 0.6) is 11.5 Å². The number of nitrogens with zero attached hydrogens (tertiary/aromatic N) is 2. The van der Waals surface area contributed by atoms with Crippen molar-refractivity contribution in [3.63, 3.8) is 0 Å². The molecule has 0 aliphatic rings. The molecule has 1 heterocycles. The van der Waals surface area contributed by atoms with Gasteiger partial charge < -0.3 is 9.84 Å². The third kappa shape index (κ3) is 2.48. The van der Waals surface area contributed by atoms with Gasteiger partial charge in [0.1, 0.15) is 10.9 Å². The number of rotatable bonds is 2. The molecule has 0 unspecified atom stereocenters. The van der Waals surface area contributed by atoms with Crippen LogP contribution in [0, 0.1) is 5.82 Å². The number of hydrogen-bond donors (Lipinski definition) is 1. The van der Waals surface area contributed by atoms with Crippen LogP contribution in [0.4, 0.5) is 4.39 Å². The number of halogens is 2. The summed E-state index contributed by atoms with van der Waals surface area (Å²) in [4.78, 5) is 8.55. The molecule has 6 heteroatoms. The topological polar surface area (TPSA) is 55.2 Å². The Morgan fingerprint density at radius 3 is 2.71 bits per heavy atom. The Kier molecular flexibility index (Phi) is 3.35. The smallest absolute Gasteiger partial charge is 0.165 e. The van der Waals surface area contributed by atoms with Gasteiger partial charge in [0, 0.05) is 10.9 Å². The van der Waals surface area contributed by atoms with Gasteiger partial charge in [-0.1, -0.05) is 11.6 Å². The zero-order valence-corrected chi connectivity index (χ0v) is 11.7. The molecular formula is C15H10ClFN2O2. The molecule has 3 rings (SSSR count). The lowest BCUT2D eigenvalue weighted by molar-refractivity contribution is 0.387. The average molecular weight is 305 g/mol. The molecule has 2 aromatic carbocycles. The van der Waals surface area contributed by atoms with E-state index in [1.54, 1.807) is 12.1 Å². The lowest BCUT2D eigenvalue weighted by atomic mass is 10.1. The molecule has 3 aromatic rings. The van der Waals surface area contributed by atoms with Crippen molar-refractivity contribution in [2.45, 2.75) is 0 Å². The highest BCUT2D eigenvalue weighted by molar-refractivity contribution is 6.34. The van der Waals surface area contributed by atoms with E-state index in [-0.39, 0.29) is 16.7 Å². The van der Waals surface area contributed by atoms with Crippen molar-refractivity contribution >= 4 is 22.5 Å². The molecule has 0 amide bonds. The van der Waals surface area contributed by atoms with Gasteiger partial charge in [0.25, 0.3) is 0 Å². The van der Waals surface area contributed by atoms with Crippen LogP contribution in [0.1, 0.15) is 0 Å². The van der Waals surface area contributed by atoms with Crippen LogP contribution in [-0.4, -0.2) is 22.2 Å². The maximum Gasteiger partial charge on any atom is 0.165 e. The number of ether oxygens (including phenoxy) is 1. The van der Waals surface area contributed by atoms with Crippen LogP contribution in [-0.2, 0) is 0 Å². The number of fused-ring (bicyclic) bond motifs is 1. The molecule has 106 valence electrons. The third-order valence-corrected chi connectivity index (χ3v) is 3.33. The molecule has 0 aliphatic heterocycles. The first-order chi connectivity index (χ1) is 10.1. The lowest BCUT2D eigenvalue weighted by Crippen LogP contribution is -1.94. The van der Waals surface area contributed by atoms with Crippen LogP contribution in [0.15, 0.2) is 36.4 Å². The largest absolute Gasteiger partial charge is 0.508 e. The van der Waals surface area contributed by atoms with Gasteiger partial charge in [0.15, 0.2) is 17.4 Å². The summed E-state index contributed by atoms with van der Waals surface area (Å²) in [6.07, 6.45) is 0. The lowest BCUT2D eigenvalue weighted by Gasteiger charge is -2.07. The highest BCUT2D eigenvalue weighted by Gasteiger charge is 2.11.